The van der Waals surface area contributed by atoms with Crippen LogP contribution in [0, 0.1) is 6.92 Å². The number of rotatable bonds is 4. The lowest BCUT2D eigenvalue weighted by Gasteiger charge is -2.25. The van der Waals surface area contributed by atoms with E-state index in [0.29, 0.717) is 10.7 Å². The van der Waals surface area contributed by atoms with Gasteiger partial charge in [0.15, 0.2) is 0 Å². The molecule has 0 aliphatic carbocycles. The van der Waals surface area contributed by atoms with Gasteiger partial charge in [0.25, 0.3) is 0 Å². The molecule has 104 valence electrons. The number of aliphatic carboxylic acids is 1. The molecule has 0 aliphatic heterocycles. The van der Waals surface area contributed by atoms with Crippen molar-refractivity contribution in [1.29, 1.82) is 0 Å². The molecule has 0 saturated heterocycles. The Morgan fingerprint density at radius 3 is 2.58 bits per heavy atom. The summed E-state index contributed by atoms with van der Waals surface area (Å²) in [4.78, 5) is 24.0. The van der Waals surface area contributed by atoms with Gasteiger partial charge in [0.1, 0.15) is 6.54 Å². The largest absolute Gasteiger partial charge is 0.480 e. The molecule has 0 heterocycles. The summed E-state index contributed by atoms with van der Waals surface area (Å²) in [6.07, 6.45) is 0. The number of anilines is 1. The number of hydrogen-bond acceptors (Lipinski definition) is 2. The molecule has 0 unspecified atom stereocenters. The van der Waals surface area contributed by atoms with E-state index >= 15 is 0 Å². The number of carboxylic acids is 1. The minimum atomic E-state index is -1.06. The SMILES string of the molecule is Cc1ccc(Cl)c(NC(=O)N(CC(=O)O)C(C)C)c1. The lowest BCUT2D eigenvalue weighted by atomic mass is 10.2. The highest BCUT2D eigenvalue weighted by molar-refractivity contribution is 6.33. The van der Waals surface area contributed by atoms with E-state index in [2.05, 4.69) is 5.32 Å². The first-order valence-corrected chi connectivity index (χ1v) is 6.24. The summed E-state index contributed by atoms with van der Waals surface area (Å²) in [7, 11) is 0. The summed E-state index contributed by atoms with van der Waals surface area (Å²) in [6, 6.07) is 4.54. The summed E-state index contributed by atoms with van der Waals surface area (Å²) >= 11 is 5.98. The highest BCUT2D eigenvalue weighted by atomic mass is 35.5. The molecule has 0 aromatic heterocycles. The Bertz CT molecular complexity index is 489. The number of hydrogen-bond donors (Lipinski definition) is 2. The maximum atomic E-state index is 12.0. The van der Waals surface area contributed by atoms with Crippen LogP contribution in [0.3, 0.4) is 0 Å². The molecule has 1 aromatic carbocycles. The average Bonchev–Trinajstić information content (AvgIpc) is 2.30. The monoisotopic (exact) mass is 284 g/mol. The smallest absolute Gasteiger partial charge is 0.323 e. The van der Waals surface area contributed by atoms with Gasteiger partial charge in [-0.1, -0.05) is 17.7 Å². The number of nitrogens with zero attached hydrogens (tertiary/aromatic N) is 1. The topological polar surface area (TPSA) is 69.6 Å². The van der Waals surface area contributed by atoms with Gasteiger partial charge in [-0.3, -0.25) is 4.79 Å². The lowest BCUT2D eigenvalue weighted by Crippen LogP contribution is -2.43. The average molecular weight is 285 g/mol. The number of carboxylic acid groups (broad SMARTS) is 1. The molecule has 1 aromatic rings. The first-order valence-electron chi connectivity index (χ1n) is 5.87. The van der Waals surface area contributed by atoms with Gasteiger partial charge >= 0.3 is 12.0 Å². The van der Waals surface area contributed by atoms with E-state index in [1.165, 1.54) is 4.90 Å². The number of carbonyl (C=O) groups excluding carboxylic acids is 1. The number of carbonyl (C=O) groups is 2. The molecular weight excluding hydrogens is 268 g/mol. The third kappa shape index (κ3) is 4.44. The number of aryl methyl sites for hydroxylation is 1. The molecule has 0 fully saturated rings. The van der Waals surface area contributed by atoms with Crippen LogP contribution in [0.5, 0.6) is 0 Å². The predicted octanol–water partition coefficient (Wildman–Crippen LogP) is 2.98. The minimum absolute atomic E-state index is 0.223. The molecular formula is C13H17ClN2O3. The molecule has 19 heavy (non-hydrogen) atoms. The van der Waals surface area contributed by atoms with E-state index in [1.54, 1.807) is 26.0 Å². The second-order valence-electron chi connectivity index (χ2n) is 4.53. The highest BCUT2D eigenvalue weighted by Gasteiger charge is 2.20. The summed E-state index contributed by atoms with van der Waals surface area (Å²) < 4.78 is 0. The fourth-order valence-electron chi connectivity index (χ4n) is 1.56. The minimum Gasteiger partial charge on any atom is -0.480 e. The van der Waals surface area contributed by atoms with E-state index in [1.807, 2.05) is 13.0 Å². The molecule has 2 N–H and O–H groups in total. The van der Waals surface area contributed by atoms with Crippen molar-refractivity contribution in [2.45, 2.75) is 26.8 Å². The number of nitrogens with one attached hydrogen (secondary N) is 1. The van der Waals surface area contributed by atoms with Gasteiger partial charge in [-0.2, -0.15) is 0 Å². The number of benzene rings is 1. The van der Waals surface area contributed by atoms with Crippen LogP contribution in [0.2, 0.25) is 5.02 Å². The van der Waals surface area contributed by atoms with E-state index in [-0.39, 0.29) is 12.6 Å². The second-order valence-corrected chi connectivity index (χ2v) is 4.94. The molecule has 0 atom stereocenters. The molecule has 0 bridgehead atoms. The van der Waals surface area contributed by atoms with Crippen molar-refractivity contribution in [2.75, 3.05) is 11.9 Å². The van der Waals surface area contributed by atoms with Crippen molar-refractivity contribution in [3.8, 4) is 0 Å². The van der Waals surface area contributed by atoms with Crippen LogP contribution in [-0.2, 0) is 4.79 Å². The maximum Gasteiger partial charge on any atom is 0.323 e. The Morgan fingerprint density at radius 1 is 1.42 bits per heavy atom. The fourth-order valence-corrected chi connectivity index (χ4v) is 1.72. The Balaban J connectivity index is 2.87. The second kappa shape index (κ2) is 6.43. The predicted molar refractivity (Wildman–Crippen MR) is 74.7 cm³/mol. The standard InChI is InChI=1S/C13H17ClN2O3/c1-8(2)16(7-12(17)18)13(19)15-11-6-9(3)4-5-10(11)14/h4-6,8H,7H2,1-3H3,(H,15,19)(H,17,18). The Labute approximate surface area is 117 Å². The van der Waals surface area contributed by atoms with Gasteiger partial charge in [0.05, 0.1) is 10.7 Å². The van der Waals surface area contributed by atoms with E-state index in [9.17, 15) is 9.59 Å². The van der Waals surface area contributed by atoms with Crippen LogP contribution in [0.15, 0.2) is 18.2 Å². The molecule has 1 rings (SSSR count). The summed E-state index contributed by atoms with van der Waals surface area (Å²) in [6.45, 7) is 5.02. The molecule has 0 aliphatic rings. The van der Waals surface area contributed by atoms with Gasteiger partial charge in [-0.05, 0) is 38.5 Å². The van der Waals surface area contributed by atoms with Crippen LogP contribution in [-0.4, -0.2) is 34.6 Å². The normalized spacial score (nSPS) is 10.4. The van der Waals surface area contributed by atoms with Crippen molar-refractivity contribution in [2.24, 2.45) is 0 Å². The highest BCUT2D eigenvalue weighted by Crippen LogP contribution is 2.23. The van der Waals surface area contributed by atoms with Gasteiger partial charge < -0.3 is 15.3 Å². The van der Waals surface area contributed by atoms with Crippen molar-refractivity contribution in [3.05, 3.63) is 28.8 Å². The summed E-state index contributed by atoms with van der Waals surface area (Å²) in [5.74, 6) is -1.06. The van der Waals surface area contributed by atoms with E-state index in [0.717, 1.165) is 5.56 Å². The number of halogens is 1. The molecule has 2 amide bonds. The van der Waals surface area contributed by atoms with Crippen LogP contribution in [0.4, 0.5) is 10.5 Å². The zero-order valence-electron chi connectivity index (χ0n) is 11.1. The molecule has 0 saturated carbocycles. The molecule has 6 heteroatoms. The maximum absolute atomic E-state index is 12.0. The fraction of sp³-hybridized carbons (Fsp3) is 0.385. The number of amides is 2. The van der Waals surface area contributed by atoms with E-state index in [4.69, 9.17) is 16.7 Å². The van der Waals surface area contributed by atoms with Gasteiger partial charge in [-0.25, -0.2) is 4.79 Å². The van der Waals surface area contributed by atoms with Gasteiger partial charge in [0.2, 0.25) is 0 Å². The van der Waals surface area contributed by atoms with Crippen molar-refractivity contribution in [3.63, 3.8) is 0 Å². The van der Waals surface area contributed by atoms with Crippen molar-refractivity contribution in [1.82, 2.24) is 4.90 Å². The van der Waals surface area contributed by atoms with Crippen molar-refractivity contribution < 1.29 is 14.7 Å². The number of urea groups is 1. The van der Waals surface area contributed by atoms with Gasteiger partial charge in [-0.15, -0.1) is 0 Å². The van der Waals surface area contributed by atoms with Crippen LogP contribution in [0.25, 0.3) is 0 Å². The first kappa shape index (κ1) is 15.3. The molecule has 0 radical (unpaired) electrons. The third-order valence-electron chi connectivity index (χ3n) is 2.55. The van der Waals surface area contributed by atoms with Crippen LogP contribution < -0.4 is 5.32 Å². The zero-order valence-corrected chi connectivity index (χ0v) is 11.9. The lowest BCUT2D eigenvalue weighted by molar-refractivity contribution is -0.137. The van der Waals surface area contributed by atoms with Crippen LogP contribution in [0.1, 0.15) is 19.4 Å². The zero-order chi connectivity index (χ0) is 14.6. The third-order valence-corrected chi connectivity index (χ3v) is 2.88. The molecule has 5 nitrogen and oxygen atoms in total. The summed E-state index contributed by atoms with van der Waals surface area (Å²) in [5, 5.41) is 11.8. The van der Waals surface area contributed by atoms with E-state index < -0.39 is 12.0 Å². The van der Waals surface area contributed by atoms with Gasteiger partial charge in [0, 0.05) is 6.04 Å². The molecule has 0 spiro atoms. The first-order chi connectivity index (χ1) is 8.81. The van der Waals surface area contributed by atoms with Crippen LogP contribution >= 0.6 is 11.6 Å². The Kier molecular flexibility index (Phi) is 5.18. The quantitative estimate of drug-likeness (QED) is 0.893. The Morgan fingerprint density at radius 2 is 2.05 bits per heavy atom. The Hall–Kier alpha value is -1.75. The van der Waals surface area contributed by atoms with Crippen molar-refractivity contribution >= 4 is 29.3 Å². The summed E-state index contributed by atoms with van der Waals surface area (Å²) in [5.41, 5.74) is 1.43.